The van der Waals surface area contributed by atoms with E-state index >= 15 is 0 Å². The van der Waals surface area contributed by atoms with Gasteiger partial charge in [-0.2, -0.15) is 0 Å². The summed E-state index contributed by atoms with van der Waals surface area (Å²) in [5.74, 6) is 0.736. The summed E-state index contributed by atoms with van der Waals surface area (Å²) >= 11 is 2.75. The molecule has 31 heavy (non-hydrogen) atoms. The van der Waals surface area contributed by atoms with Crippen LogP contribution in [0.5, 0.6) is 0 Å². The molecular formula is C21H20FN5O2S2. The summed E-state index contributed by atoms with van der Waals surface area (Å²) in [5.41, 5.74) is 0.363. The number of halogens is 1. The third-order valence-corrected chi connectivity index (χ3v) is 6.04. The fraction of sp³-hybridized carbons (Fsp3) is 0.238. The molecule has 0 atom stereocenters. The molecule has 1 N–H and O–H groups in total. The maximum Gasteiger partial charge on any atom is 0.271 e. The van der Waals surface area contributed by atoms with Crippen molar-refractivity contribution in [3.8, 4) is 17.3 Å². The molecule has 0 saturated heterocycles. The molecule has 1 aromatic carbocycles. The van der Waals surface area contributed by atoms with Crippen molar-refractivity contribution in [2.75, 3.05) is 0 Å². The number of nitrogens with zero attached hydrogens (tertiary/aromatic N) is 4. The Morgan fingerprint density at radius 1 is 1.23 bits per heavy atom. The summed E-state index contributed by atoms with van der Waals surface area (Å²) in [7, 11) is 0. The Balaban J connectivity index is 1.59. The van der Waals surface area contributed by atoms with Gasteiger partial charge in [0.1, 0.15) is 16.5 Å². The van der Waals surface area contributed by atoms with Gasteiger partial charge in [-0.3, -0.25) is 9.36 Å². The molecule has 0 saturated carbocycles. The molecule has 7 nitrogen and oxygen atoms in total. The van der Waals surface area contributed by atoms with Crippen LogP contribution in [-0.4, -0.2) is 31.2 Å². The quantitative estimate of drug-likeness (QED) is 0.413. The Kier molecular flexibility index (Phi) is 5.92. The number of hydrogen-bond donors (Lipinski definition) is 1. The number of carbonyl (C=O) groups excluding carboxylic acids is 1. The van der Waals surface area contributed by atoms with Gasteiger partial charge in [-0.25, -0.2) is 9.37 Å². The van der Waals surface area contributed by atoms with Crippen LogP contribution < -0.4 is 5.32 Å². The van der Waals surface area contributed by atoms with E-state index in [-0.39, 0.29) is 11.4 Å². The van der Waals surface area contributed by atoms with Gasteiger partial charge in [0.25, 0.3) is 5.91 Å². The molecule has 0 aliphatic carbocycles. The van der Waals surface area contributed by atoms with Gasteiger partial charge >= 0.3 is 0 Å². The average molecular weight is 458 g/mol. The first kappa shape index (κ1) is 21.3. The zero-order valence-electron chi connectivity index (χ0n) is 17.1. The minimum Gasteiger partial charge on any atom is -0.461 e. The minimum atomic E-state index is -0.396. The number of furan rings is 1. The first-order valence-electron chi connectivity index (χ1n) is 9.46. The summed E-state index contributed by atoms with van der Waals surface area (Å²) in [4.78, 5) is 16.7. The first-order valence-corrected chi connectivity index (χ1v) is 11.3. The average Bonchev–Trinajstić information content (AvgIpc) is 3.45. The predicted molar refractivity (Wildman–Crippen MR) is 118 cm³/mol. The fourth-order valence-corrected chi connectivity index (χ4v) is 4.53. The van der Waals surface area contributed by atoms with Crippen molar-refractivity contribution < 1.29 is 13.6 Å². The second-order valence-electron chi connectivity index (χ2n) is 7.69. The number of carbonyl (C=O) groups is 1. The van der Waals surface area contributed by atoms with E-state index in [9.17, 15) is 9.18 Å². The lowest BCUT2D eigenvalue weighted by Gasteiger charge is -2.19. The highest BCUT2D eigenvalue weighted by Gasteiger charge is 2.21. The van der Waals surface area contributed by atoms with Crippen LogP contribution in [-0.2, 0) is 5.75 Å². The number of para-hydroxylation sites is 1. The van der Waals surface area contributed by atoms with Crippen LogP contribution in [0, 0.1) is 5.82 Å². The summed E-state index contributed by atoms with van der Waals surface area (Å²) in [6.07, 6.45) is 1.53. The highest BCUT2D eigenvalue weighted by atomic mass is 32.2. The van der Waals surface area contributed by atoms with Crippen molar-refractivity contribution in [3.63, 3.8) is 0 Å². The number of amides is 1. The molecule has 0 fully saturated rings. The van der Waals surface area contributed by atoms with Gasteiger partial charge in [0.05, 0.1) is 17.7 Å². The molecule has 0 unspecified atom stereocenters. The van der Waals surface area contributed by atoms with Crippen LogP contribution in [0.3, 0.4) is 0 Å². The molecule has 0 aliphatic rings. The molecule has 3 aromatic heterocycles. The van der Waals surface area contributed by atoms with E-state index < -0.39 is 5.82 Å². The summed E-state index contributed by atoms with van der Waals surface area (Å²) < 4.78 is 21.7. The molecule has 160 valence electrons. The van der Waals surface area contributed by atoms with Gasteiger partial charge < -0.3 is 9.73 Å². The lowest BCUT2D eigenvalue weighted by Crippen LogP contribution is -2.40. The minimum absolute atomic E-state index is 0.213. The zero-order chi connectivity index (χ0) is 22.0. The van der Waals surface area contributed by atoms with Crippen molar-refractivity contribution in [2.24, 2.45) is 0 Å². The largest absolute Gasteiger partial charge is 0.461 e. The van der Waals surface area contributed by atoms with Crippen LogP contribution in [0.2, 0.25) is 0 Å². The maximum atomic E-state index is 14.6. The van der Waals surface area contributed by atoms with Gasteiger partial charge in [0.15, 0.2) is 10.9 Å². The molecule has 1 amide bonds. The van der Waals surface area contributed by atoms with Gasteiger partial charge in [0.2, 0.25) is 5.82 Å². The van der Waals surface area contributed by atoms with Crippen molar-refractivity contribution >= 4 is 29.0 Å². The molecule has 10 heteroatoms. The maximum absolute atomic E-state index is 14.6. The third-order valence-electron chi connectivity index (χ3n) is 4.07. The molecule has 3 heterocycles. The van der Waals surface area contributed by atoms with Crippen LogP contribution in [0.1, 0.15) is 36.3 Å². The van der Waals surface area contributed by atoms with Gasteiger partial charge in [-0.1, -0.05) is 23.9 Å². The number of nitrogens with one attached hydrogen (secondary N) is 1. The first-order chi connectivity index (χ1) is 14.8. The fourth-order valence-electron chi connectivity index (χ4n) is 2.79. The molecule has 4 aromatic rings. The van der Waals surface area contributed by atoms with E-state index in [1.807, 2.05) is 20.8 Å². The predicted octanol–water partition coefficient (Wildman–Crippen LogP) is 4.94. The van der Waals surface area contributed by atoms with Crippen LogP contribution in [0.25, 0.3) is 17.3 Å². The Bertz CT molecular complexity index is 1190. The van der Waals surface area contributed by atoms with Crippen molar-refractivity contribution in [2.45, 2.75) is 37.2 Å². The standard InChI is InChI=1S/C21H20FN5O2S2/c1-21(2,3)24-19(28)14-11-30-17(23-14)12-31-20-26-25-18(16-9-6-10-29-16)27(20)15-8-5-4-7-13(15)22/h4-11H,12H2,1-3H3,(H,24,28). The normalized spacial score (nSPS) is 11.6. The van der Waals surface area contributed by atoms with E-state index in [4.69, 9.17) is 4.42 Å². The van der Waals surface area contributed by atoms with Crippen molar-refractivity contribution in [1.82, 2.24) is 25.1 Å². The number of aromatic nitrogens is 4. The number of benzene rings is 1. The van der Waals surface area contributed by atoms with E-state index in [1.165, 1.54) is 35.4 Å². The summed E-state index contributed by atoms with van der Waals surface area (Å²) in [5, 5.41) is 14.3. The molecule has 0 aliphatic heterocycles. The van der Waals surface area contributed by atoms with Crippen LogP contribution >= 0.6 is 23.1 Å². The third kappa shape index (κ3) is 4.86. The number of thiazole rings is 1. The van der Waals surface area contributed by atoms with Crippen molar-refractivity contribution in [3.05, 3.63) is 64.6 Å². The Hall–Kier alpha value is -2.98. The smallest absolute Gasteiger partial charge is 0.271 e. The number of thioether (sulfide) groups is 1. The summed E-state index contributed by atoms with van der Waals surface area (Å²) in [6, 6.07) is 9.91. The lowest BCUT2D eigenvalue weighted by atomic mass is 10.1. The van der Waals surface area contributed by atoms with Crippen LogP contribution in [0.4, 0.5) is 4.39 Å². The molecular weight excluding hydrogens is 437 g/mol. The molecule has 0 spiro atoms. The van der Waals surface area contributed by atoms with E-state index in [0.29, 0.717) is 33.9 Å². The van der Waals surface area contributed by atoms with Crippen molar-refractivity contribution in [1.29, 1.82) is 0 Å². The molecule has 0 bridgehead atoms. The zero-order valence-corrected chi connectivity index (χ0v) is 18.8. The highest BCUT2D eigenvalue weighted by Crippen LogP contribution is 2.31. The van der Waals surface area contributed by atoms with Crippen LogP contribution in [0.15, 0.2) is 57.6 Å². The molecule has 0 radical (unpaired) electrons. The van der Waals surface area contributed by atoms with Gasteiger partial charge in [-0.15, -0.1) is 21.5 Å². The van der Waals surface area contributed by atoms with E-state index in [2.05, 4.69) is 20.5 Å². The van der Waals surface area contributed by atoms with Gasteiger partial charge in [0, 0.05) is 10.9 Å². The Morgan fingerprint density at radius 3 is 2.74 bits per heavy atom. The SMILES string of the molecule is CC(C)(C)NC(=O)c1csc(CSc2nnc(-c3ccco3)n2-c2ccccc2F)n1. The van der Waals surface area contributed by atoms with E-state index in [1.54, 1.807) is 40.3 Å². The lowest BCUT2D eigenvalue weighted by molar-refractivity contribution is 0.0915. The summed E-state index contributed by atoms with van der Waals surface area (Å²) in [6.45, 7) is 5.75. The second kappa shape index (κ2) is 8.64. The van der Waals surface area contributed by atoms with Gasteiger partial charge in [-0.05, 0) is 45.0 Å². The second-order valence-corrected chi connectivity index (χ2v) is 9.57. The number of rotatable bonds is 6. The highest BCUT2D eigenvalue weighted by molar-refractivity contribution is 7.98. The Morgan fingerprint density at radius 2 is 2.03 bits per heavy atom. The monoisotopic (exact) mass is 457 g/mol. The number of hydrogen-bond acceptors (Lipinski definition) is 7. The topological polar surface area (TPSA) is 85.8 Å². The Labute approximate surface area is 186 Å². The molecule has 4 rings (SSSR count). The van der Waals surface area contributed by atoms with E-state index in [0.717, 1.165) is 5.01 Å².